The molecule has 0 fully saturated rings. The molecule has 0 saturated heterocycles. The van der Waals surface area contributed by atoms with Crippen LogP contribution < -0.4 is 4.74 Å². The maximum Gasteiger partial charge on any atom is 0.338 e. The summed E-state index contributed by atoms with van der Waals surface area (Å²) in [7, 11) is 0. The molecule has 1 aromatic rings. The molecule has 0 aliphatic carbocycles. The largest absolute Gasteiger partial charge is 0.493 e. The Morgan fingerprint density at radius 1 is 1.22 bits per heavy atom. The van der Waals surface area contributed by atoms with E-state index in [4.69, 9.17) is 14.2 Å². The highest BCUT2D eigenvalue weighted by Gasteiger charge is 2.10. The number of rotatable bonds is 7. The molecule has 0 aliphatic rings. The Balaban J connectivity index is 2.55. The van der Waals surface area contributed by atoms with Crippen LogP contribution in [-0.4, -0.2) is 32.4 Å². The number of carbonyl (C=O) groups excluding carboxylic acids is 1. The molecular formula is C13H17IO4. The van der Waals surface area contributed by atoms with Gasteiger partial charge in [-0.2, -0.15) is 0 Å². The Labute approximate surface area is 121 Å². The number of carbonyl (C=O) groups is 1. The zero-order valence-electron chi connectivity index (χ0n) is 10.6. The molecule has 0 amide bonds. The molecule has 0 N–H and O–H groups in total. The molecule has 0 aromatic heterocycles. The van der Waals surface area contributed by atoms with Crippen molar-refractivity contribution in [3.8, 4) is 5.75 Å². The summed E-state index contributed by atoms with van der Waals surface area (Å²) in [6.45, 7) is 5.75. The Kier molecular flexibility index (Phi) is 7.04. The third kappa shape index (κ3) is 4.81. The van der Waals surface area contributed by atoms with Gasteiger partial charge >= 0.3 is 5.97 Å². The fourth-order valence-corrected chi connectivity index (χ4v) is 1.99. The first kappa shape index (κ1) is 15.2. The minimum absolute atomic E-state index is 0.274. The van der Waals surface area contributed by atoms with Gasteiger partial charge in [0.25, 0.3) is 0 Å². The first-order valence-electron chi connectivity index (χ1n) is 5.86. The van der Waals surface area contributed by atoms with Gasteiger partial charge in [0.05, 0.1) is 22.3 Å². The Morgan fingerprint density at radius 3 is 2.61 bits per heavy atom. The molecule has 0 unspecified atom stereocenters. The van der Waals surface area contributed by atoms with Crippen molar-refractivity contribution in [2.24, 2.45) is 0 Å². The van der Waals surface area contributed by atoms with Crippen LogP contribution in [-0.2, 0) is 9.47 Å². The molecule has 0 spiro atoms. The normalized spacial score (nSPS) is 10.2. The zero-order valence-corrected chi connectivity index (χ0v) is 12.7. The van der Waals surface area contributed by atoms with Gasteiger partial charge in [0.15, 0.2) is 0 Å². The van der Waals surface area contributed by atoms with Crippen molar-refractivity contribution < 1.29 is 19.0 Å². The second-order valence-electron chi connectivity index (χ2n) is 3.41. The van der Waals surface area contributed by atoms with Crippen LogP contribution in [0.25, 0.3) is 0 Å². The van der Waals surface area contributed by atoms with Gasteiger partial charge in [-0.3, -0.25) is 0 Å². The number of hydrogen-bond acceptors (Lipinski definition) is 4. The Bertz CT molecular complexity index is 393. The lowest BCUT2D eigenvalue weighted by Gasteiger charge is -2.08. The minimum atomic E-state index is -0.337. The van der Waals surface area contributed by atoms with Gasteiger partial charge in [0.2, 0.25) is 0 Å². The number of ether oxygens (including phenoxy) is 3. The van der Waals surface area contributed by atoms with Gasteiger partial charge in [0.1, 0.15) is 12.4 Å². The van der Waals surface area contributed by atoms with Gasteiger partial charge in [-0.05, 0) is 54.6 Å². The average Bonchev–Trinajstić information content (AvgIpc) is 2.37. The van der Waals surface area contributed by atoms with Crippen molar-refractivity contribution in [3.05, 3.63) is 27.3 Å². The lowest BCUT2D eigenvalue weighted by Crippen LogP contribution is -2.11. The van der Waals surface area contributed by atoms with Gasteiger partial charge in [-0.15, -0.1) is 0 Å². The van der Waals surface area contributed by atoms with Crippen LogP contribution in [0.1, 0.15) is 24.2 Å². The highest BCUT2D eigenvalue weighted by Crippen LogP contribution is 2.22. The molecule has 1 aromatic carbocycles. The predicted octanol–water partition coefficient (Wildman–Crippen LogP) is 2.88. The van der Waals surface area contributed by atoms with E-state index in [0.29, 0.717) is 25.4 Å². The van der Waals surface area contributed by atoms with Crippen molar-refractivity contribution in [1.29, 1.82) is 0 Å². The molecule has 0 atom stereocenters. The van der Waals surface area contributed by atoms with Gasteiger partial charge in [-0.25, -0.2) is 4.79 Å². The van der Waals surface area contributed by atoms with Crippen LogP contribution in [0.5, 0.6) is 5.75 Å². The van der Waals surface area contributed by atoms with Crippen LogP contribution in [0.4, 0.5) is 0 Å². The first-order valence-corrected chi connectivity index (χ1v) is 6.94. The summed E-state index contributed by atoms with van der Waals surface area (Å²) < 4.78 is 16.5. The van der Waals surface area contributed by atoms with Gasteiger partial charge < -0.3 is 14.2 Å². The molecule has 18 heavy (non-hydrogen) atoms. The first-order chi connectivity index (χ1) is 8.69. The summed E-state index contributed by atoms with van der Waals surface area (Å²) in [6, 6.07) is 5.25. The summed E-state index contributed by atoms with van der Waals surface area (Å²) in [5, 5.41) is 0. The maximum atomic E-state index is 11.7. The number of hydrogen-bond donors (Lipinski definition) is 0. The molecule has 0 saturated carbocycles. The monoisotopic (exact) mass is 364 g/mol. The third-order valence-corrected chi connectivity index (χ3v) is 2.98. The molecule has 4 nitrogen and oxygen atoms in total. The van der Waals surface area contributed by atoms with Crippen molar-refractivity contribution in [2.75, 3.05) is 26.4 Å². The summed E-state index contributed by atoms with van der Waals surface area (Å²) in [4.78, 5) is 11.7. The lowest BCUT2D eigenvalue weighted by molar-refractivity contribution is 0.0335. The van der Waals surface area contributed by atoms with Crippen LogP contribution >= 0.6 is 22.6 Å². The second kappa shape index (κ2) is 8.31. The van der Waals surface area contributed by atoms with Crippen LogP contribution in [0, 0.1) is 3.57 Å². The summed E-state index contributed by atoms with van der Waals surface area (Å²) in [5.74, 6) is 0.444. The molecular weight excluding hydrogens is 347 g/mol. The van der Waals surface area contributed by atoms with Crippen molar-refractivity contribution in [2.45, 2.75) is 13.8 Å². The number of halogens is 1. The second-order valence-corrected chi connectivity index (χ2v) is 4.57. The number of esters is 1. The maximum absolute atomic E-state index is 11.7. The van der Waals surface area contributed by atoms with Crippen molar-refractivity contribution in [3.63, 3.8) is 0 Å². The minimum Gasteiger partial charge on any atom is -0.493 e. The highest BCUT2D eigenvalue weighted by molar-refractivity contribution is 14.1. The topological polar surface area (TPSA) is 44.8 Å². The van der Waals surface area contributed by atoms with E-state index in [-0.39, 0.29) is 12.6 Å². The van der Waals surface area contributed by atoms with E-state index < -0.39 is 0 Å². The zero-order chi connectivity index (χ0) is 13.4. The van der Waals surface area contributed by atoms with E-state index >= 15 is 0 Å². The molecule has 0 heterocycles. The van der Waals surface area contributed by atoms with E-state index in [1.807, 2.05) is 13.8 Å². The molecule has 0 aliphatic heterocycles. The third-order valence-electron chi connectivity index (χ3n) is 2.13. The molecule has 0 bridgehead atoms. The molecule has 1 rings (SSSR count). The SMILES string of the molecule is CCOCCOC(=O)c1ccc(OCC)c(I)c1. The highest BCUT2D eigenvalue weighted by atomic mass is 127. The fourth-order valence-electron chi connectivity index (χ4n) is 1.32. The molecule has 5 heteroatoms. The van der Waals surface area contributed by atoms with E-state index in [9.17, 15) is 4.79 Å². The average molecular weight is 364 g/mol. The summed E-state index contributed by atoms with van der Waals surface area (Å²) in [6.07, 6.45) is 0. The fraction of sp³-hybridized carbons (Fsp3) is 0.462. The summed E-state index contributed by atoms with van der Waals surface area (Å²) >= 11 is 2.14. The standard InChI is InChI=1S/C13H17IO4/c1-3-16-7-8-18-13(15)10-5-6-12(17-4-2)11(14)9-10/h5-6,9H,3-4,7-8H2,1-2H3. The van der Waals surface area contributed by atoms with Gasteiger partial charge in [0, 0.05) is 6.61 Å². The summed E-state index contributed by atoms with van der Waals surface area (Å²) in [5.41, 5.74) is 0.527. The predicted molar refractivity (Wildman–Crippen MR) is 77.1 cm³/mol. The van der Waals surface area contributed by atoms with E-state index in [0.717, 1.165) is 9.32 Å². The Morgan fingerprint density at radius 2 is 2.00 bits per heavy atom. The molecule has 0 radical (unpaired) electrons. The molecule has 100 valence electrons. The van der Waals surface area contributed by atoms with E-state index in [1.54, 1.807) is 18.2 Å². The van der Waals surface area contributed by atoms with Crippen molar-refractivity contribution in [1.82, 2.24) is 0 Å². The quantitative estimate of drug-likeness (QED) is 0.424. The van der Waals surface area contributed by atoms with Crippen LogP contribution in [0.2, 0.25) is 0 Å². The van der Waals surface area contributed by atoms with Crippen molar-refractivity contribution >= 4 is 28.6 Å². The van der Waals surface area contributed by atoms with Crippen LogP contribution in [0.3, 0.4) is 0 Å². The van der Waals surface area contributed by atoms with E-state index in [1.165, 1.54) is 0 Å². The Hall–Kier alpha value is -0.820. The van der Waals surface area contributed by atoms with Gasteiger partial charge in [-0.1, -0.05) is 0 Å². The van der Waals surface area contributed by atoms with E-state index in [2.05, 4.69) is 22.6 Å². The van der Waals surface area contributed by atoms with Crippen LogP contribution in [0.15, 0.2) is 18.2 Å². The smallest absolute Gasteiger partial charge is 0.338 e. The lowest BCUT2D eigenvalue weighted by atomic mass is 10.2. The number of benzene rings is 1.